The zero-order valence-electron chi connectivity index (χ0n) is 18.5. The molecule has 0 fully saturated rings. The van der Waals surface area contributed by atoms with Crippen LogP contribution in [0.1, 0.15) is 48.5 Å². The summed E-state index contributed by atoms with van der Waals surface area (Å²) in [6.07, 6.45) is 0. The third-order valence-electron chi connectivity index (χ3n) is 5.17. The highest BCUT2D eigenvalue weighted by Crippen LogP contribution is 2.32. The van der Waals surface area contributed by atoms with Crippen molar-refractivity contribution < 1.29 is 9.59 Å². The van der Waals surface area contributed by atoms with E-state index in [0.29, 0.717) is 33.9 Å². The van der Waals surface area contributed by atoms with E-state index in [-0.39, 0.29) is 11.8 Å². The number of carbonyl (C=O) groups is 2. The number of aryl methyl sites for hydroxylation is 4. The van der Waals surface area contributed by atoms with Gasteiger partial charge in [0.05, 0.1) is 0 Å². The van der Waals surface area contributed by atoms with Gasteiger partial charge in [0, 0.05) is 33.9 Å². The van der Waals surface area contributed by atoms with Crippen LogP contribution in [-0.2, 0) is 0 Å². The lowest BCUT2D eigenvalue weighted by atomic mass is 10.0. The van der Waals surface area contributed by atoms with Crippen LogP contribution in [0, 0.1) is 34.6 Å². The molecule has 0 bridgehead atoms. The first-order valence-corrected chi connectivity index (χ1v) is 10.0. The Morgan fingerprint density at radius 1 is 0.613 bits per heavy atom. The van der Waals surface area contributed by atoms with Gasteiger partial charge in [-0.25, -0.2) is 0 Å². The molecule has 6 nitrogen and oxygen atoms in total. The molecule has 0 saturated carbocycles. The second kappa shape index (κ2) is 8.52. The van der Waals surface area contributed by atoms with Crippen LogP contribution in [0.2, 0.25) is 0 Å². The fourth-order valence-electron chi connectivity index (χ4n) is 3.83. The van der Waals surface area contributed by atoms with E-state index in [1.165, 1.54) is 0 Å². The summed E-state index contributed by atoms with van der Waals surface area (Å²) in [5.41, 5.74) is 19.5. The van der Waals surface area contributed by atoms with Crippen LogP contribution in [0.3, 0.4) is 0 Å². The van der Waals surface area contributed by atoms with Gasteiger partial charge >= 0.3 is 0 Å². The number of nitrogen functional groups attached to an aromatic ring is 2. The fraction of sp³-hybridized carbons (Fsp3) is 0.200. The summed E-state index contributed by atoms with van der Waals surface area (Å²) in [4.78, 5) is 25.7. The van der Waals surface area contributed by atoms with Gasteiger partial charge in [-0.15, -0.1) is 0 Å². The number of amides is 2. The minimum atomic E-state index is -0.255. The Balaban J connectivity index is 1.94. The standard InChI is InChI=1S/C25H28N4O2/c1-13-6-18(11-20(26)8-13)24(30)28-22-15(3)10-16(4)23(17(22)5)29-25(31)19-7-14(2)9-21(27)12-19/h6-12H,26-27H2,1-5H3,(H,28,30)(H,29,31). The van der Waals surface area contributed by atoms with Gasteiger partial charge < -0.3 is 22.1 Å². The van der Waals surface area contributed by atoms with Crippen molar-refractivity contribution in [2.45, 2.75) is 34.6 Å². The lowest BCUT2D eigenvalue weighted by molar-refractivity contribution is 0.101. The normalized spacial score (nSPS) is 10.6. The van der Waals surface area contributed by atoms with E-state index in [4.69, 9.17) is 11.5 Å². The fourth-order valence-corrected chi connectivity index (χ4v) is 3.83. The van der Waals surface area contributed by atoms with E-state index < -0.39 is 0 Å². The molecule has 6 N–H and O–H groups in total. The monoisotopic (exact) mass is 416 g/mol. The number of rotatable bonds is 4. The molecule has 2 amide bonds. The maximum Gasteiger partial charge on any atom is 0.255 e. The van der Waals surface area contributed by atoms with E-state index in [9.17, 15) is 9.59 Å². The molecule has 0 heterocycles. The number of anilines is 4. The molecule has 0 unspecified atom stereocenters. The maximum absolute atomic E-state index is 12.9. The van der Waals surface area contributed by atoms with Gasteiger partial charge in [0.1, 0.15) is 0 Å². The number of carbonyl (C=O) groups excluding carboxylic acids is 2. The van der Waals surface area contributed by atoms with Gasteiger partial charge in [0.2, 0.25) is 0 Å². The molecule has 0 aliphatic rings. The van der Waals surface area contributed by atoms with Gasteiger partial charge in [-0.3, -0.25) is 9.59 Å². The summed E-state index contributed by atoms with van der Waals surface area (Å²) >= 11 is 0. The molecule has 0 aliphatic heterocycles. The van der Waals surface area contributed by atoms with Gasteiger partial charge in [-0.05, 0) is 98.8 Å². The van der Waals surface area contributed by atoms with Gasteiger partial charge in [-0.2, -0.15) is 0 Å². The highest BCUT2D eigenvalue weighted by atomic mass is 16.2. The van der Waals surface area contributed by atoms with Crippen LogP contribution in [0.4, 0.5) is 22.7 Å². The molecule has 0 aromatic heterocycles. The van der Waals surface area contributed by atoms with Crippen molar-refractivity contribution in [1.29, 1.82) is 0 Å². The molecule has 3 aromatic rings. The molecule has 6 heteroatoms. The first-order valence-electron chi connectivity index (χ1n) is 10.0. The lowest BCUT2D eigenvalue weighted by Crippen LogP contribution is -2.18. The SMILES string of the molecule is Cc1cc(N)cc(C(=O)Nc2c(C)cc(C)c(NC(=O)c3cc(C)cc(N)c3)c2C)c1. The summed E-state index contributed by atoms with van der Waals surface area (Å²) in [6.45, 7) is 9.50. The highest BCUT2D eigenvalue weighted by Gasteiger charge is 2.17. The maximum atomic E-state index is 12.9. The Bertz CT molecular complexity index is 1070. The van der Waals surface area contributed by atoms with Crippen molar-refractivity contribution in [1.82, 2.24) is 0 Å². The molecule has 3 aromatic carbocycles. The summed E-state index contributed by atoms with van der Waals surface area (Å²) in [7, 11) is 0. The van der Waals surface area contributed by atoms with Crippen LogP contribution < -0.4 is 22.1 Å². The Morgan fingerprint density at radius 2 is 1.00 bits per heavy atom. The van der Waals surface area contributed by atoms with Crippen LogP contribution in [0.25, 0.3) is 0 Å². The van der Waals surface area contributed by atoms with Crippen LogP contribution in [0.15, 0.2) is 42.5 Å². The predicted molar refractivity (Wildman–Crippen MR) is 128 cm³/mol. The summed E-state index contributed by atoms with van der Waals surface area (Å²) in [5.74, 6) is -0.511. The highest BCUT2D eigenvalue weighted by molar-refractivity contribution is 6.08. The quantitative estimate of drug-likeness (QED) is 0.453. The average molecular weight is 417 g/mol. The predicted octanol–water partition coefficient (Wildman–Crippen LogP) is 4.90. The van der Waals surface area contributed by atoms with Gasteiger partial charge in [0.25, 0.3) is 11.8 Å². The molecule has 31 heavy (non-hydrogen) atoms. The first-order chi connectivity index (χ1) is 14.5. The molecule has 0 aliphatic carbocycles. The van der Waals surface area contributed by atoms with Crippen molar-refractivity contribution in [3.8, 4) is 0 Å². The minimum Gasteiger partial charge on any atom is -0.399 e. The molecular weight excluding hydrogens is 388 g/mol. The Labute approximate surface area is 182 Å². The molecule has 3 rings (SSSR count). The van der Waals surface area contributed by atoms with Crippen molar-refractivity contribution in [3.05, 3.63) is 81.4 Å². The smallest absolute Gasteiger partial charge is 0.255 e. The number of hydrogen-bond acceptors (Lipinski definition) is 4. The van der Waals surface area contributed by atoms with E-state index >= 15 is 0 Å². The number of hydrogen-bond donors (Lipinski definition) is 4. The number of nitrogens with two attached hydrogens (primary N) is 2. The van der Waals surface area contributed by atoms with Crippen LogP contribution >= 0.6 is 0 Å². The Hall–Kier alpha value is -3.80. The summed E-state index contributed by atoms with van der Waals surface area (Å²) in [5, 5.41) is 5.96. The van der Waals surface area contributed by atoms with Crippen molar-refractivity contribution in [2.75, 3.05) is 22.1 Å². The largest absolute Gasteiger partial charge is 0.399 e. The first kappa shape index (κ1) is 21.9. The Kier molecular flexibility index (Phi) is 6.02. The third-order valence-corrected chi connectivity index (χ3v) is 5.17. The summed E-state index contributed by atoms with van der Waals surface area (Å²) < 4.78 is 0. The summed E-state index contributed by atoms with van der Waals surface area (Å²) in [6, 6.07) is 12.4. The van der Waals surface area contributed by atoms with Gasteiger partial charge in [-0.1, -0.05) is 6.07 Å². The van der Waals surface area contributed by atoms with E-state index in [0.717, 1.165) is 27.8 Å². The molecule has 160 valence electrons. The minimum absolute atomic E-state index is 0.255. The molecule has 0 saturated heterocycles. The van der Waals surface area contributed by atoms with E-state index in [2.05, 4.69) is 10.6 Å². The molecular formula is C25H28N4O2. The number of nitrogens with one attached hydrogen (secondary N) is 2. The zero-order chi connectivity index (χ0) is 22.9. The second-order valence-electron chi connectivity index (χ2n) is 8.06. The second-order valence-corrected chi connectivity index (χ2v) is 8.06. The Morgan fingerprint density at radius 3 is 1.35 bits per heavy atom. The van der Waals surface area contributed by atoms with Crippen molar-refractivity contribution in [2.24, 2.45) is 0 Å². The molecule has 0 radical (unpaired) electrons. The van der Waals surface area contributed by atoms with E-state index in [1.54, 1.807) is 24.3 Å². The topological polar surface area (TPSA) is 110 Å². The average Bonchev–Trinajstić information content (AvgIpc) is 2.66. The van der Waals surface area contributed by atoms with Crippen molar-refractivity contribution in [3.63, 3.8) is 0 Å². The van der Waals surface area contributed by atoms with E-state index in [1.807, 2.05) is 52.8 Å². The van der Waals surface area contributed by atoms with Crippen LogP contribution in [-0.4, -0.2) is 11.8 Å². The molecule has 0 spiro atoms. The third kappa shape index (κ3) is 4.86. The lowest BCUT2D eigenvalue weighted by Gasteiger charge is -2.19. The van der Waals surface area contributed by atoms with Crippen LogP contribution in [0.5, 0.6) is 0 Å². The zero-order valence-corrected chi connectivity index (χ0v) is 18.5. The van der Waals surface area contributed by atoms with Crippen molar-refractivity contribution >= 4 is 34.6 Å². The van der Waals surface area contributed by atoms with Gasteiger partial charge in [0.15, 0.2) is 0 Å². The number of benzene rings is 3. The molecule has 0 atom stereocenters.